The molecule has 0 aromatic carbocycles. The zero-order chi connectivity index (χ0) is 11.4. The van der Waals surface area contributed by atoms with Crippen LogP contribution < -0.4 is 5.32 Å². The molecule has 2 rings (SSSR count). The van der Waals surface area contributed by atoms with Crippen molar-refractivity contribution in [3.05, 3.63) is 24.3 Å². The number of pyridine rings is 1. The van der Waals surface area contributed by atoms with Crippen molar-refractivity contribution in [2.75, 3.05) is 18.1 Å². The second kappa shape index (κ2) is 5.04. The number of hydrogen-bond acceptors (Lipinski definition) is 3. The summed E-state index contributed by atoms with van der Waals surface area (Å²) in [5.41, 5.74) is 0.827. The minimum Gasteiger partial charge on any atom is -0.383 e. The molecule has 1 fully saturated rings. The van der Waals surface area contributed by atoms with Crippen LogP contribution in [-0.4, -0.2) is 22.5 Å². The number of rotatable bonds is 4. The van der Waals surface area contributed by atoms with Crippen molar-refractivity contribution >= 4 is 17.4 Å². The van der Waals surface area contributed by atoms with Crippen LogP contribution in [0.25, 0.3) is 0 Å². The number of hydrogen-bond donors (Lipinski definition) is 1. The third-order valence-corrected chi connectivity index (χ3v) is 4.71. The van der Waals surface area contributed by atoms with E-state index in [4.69, 9.17) is 0 Å². The van der Waals surface area contributed by atoms with Gasteiger partial charge in [0.25, 0.3) is 0 Å². The van der Waals surface area contributed by atoms with Crippen LogP contribution in [0.2, 0.25) is 0 Å². The van der Waals surface area contributed by atoms with E-state index in [9.17, 15) is 4.39 Å². The van der Waals surface area contributed by atoms with E-state index in [2.05, 4.69) is 16.6 Å². The fourth-order valence-corrected chi connectivity index (χ4v) is 3.16. The molecule has 2 nitrogen and oxygen atoms in total. The van der Waals surface area contributed by atoms with E-state index in [0.717, 1.165) is 12.2 Å². The Kier molecular flexibility index (Phi) is 3.69. The minimum absolute atomic E-state index is 0.347. The minimum atomic E-state index is -0.422. The van der Waals surface area contributed by atoms with Crippen LogP contribution in [0.4, 0.5) is 10.1 Å². The van der Waals surface area contributed by atoms with Gasteiger partial charge in [-0.2, -0.15) is 16.2 Å². The molecule has 0 saturated heterocycles. The smallest absolute Gasteiger partial charge is 0.214 e. The first kappa shape index (κ1) is 11.7. The maximum atomic E-state index is 12.9. The number of thioether (sulfide) groups is 1. The van der Waals surface area contributed by atoms with Gasteiger partial charge in [-0.15, -0.1) is 0 Å². The highest BCUT2D eigenvalue weighted by Gasteiger charge is 2.32. The zero-order valence-electron chi connectivity index (χ0n) is 9.50. The molecule has 1 heterocycles. The van der Waals surface area contributed by atoms with Crippen LogP contribution in [0, 0.1) is 5.95 Å². The number of nitrogens with one attached hydrogen (secondary N) is 1. The van der Waals surface area contributed by atoms with E-state index in [1.807, 2.05) is 17.8 Å². The molecule has 0 spiro atoms. The predicted octanol–water partition coefficient (Wildman–Crippen LogP) is 3.31. The van der Waals surface area contributed by atoms with E-state index in [1.165, 1.54) is 37.9 Å². The van der Waals surface area contributed by atoms with E-state index < -0.39 is 5.95 Å². The second-order valence-corrected chi connectivity index (χ2v) is 5.59. The highest BCUT2D eigenvalue weighted by molar-refractivity contribution is 8.00. The summed E-state index contributed by atoms with van der Waals surface area (Å²) in [5, 5.41) is 3.32. The summed E-state index contributed by atoms with van der Waals surface area (Å²) < 4.78 is 13.2. The van der Waals surface area contributed by atoms with Crippen LogP contribution in [0.1, 0.15) is 25.7 Å². The topological polar surface area (TPSA) is 24.9 Å². The lowest BCUT2D eigenvalue weighted by atomic mass is 10.1. The summed E-state index contributed by atoms with van der Waals surface area (Å²) >= 11 is 1.93. The Morgan fingerprint density at radius 3 is 2.88 bits per heavy atom. The fraction of sp³-hybridized carbons (Fsp3) is 0.583. The van der Waals surface area contributed by atoms with Crippen molar-refractivity contribution in [3.63, 3.8) is 0 Å². The molecule has 1 saturated carbocycles. The first-order chi connectivity index (χ1) is 7.74. The summed E-state index contributed by atoms with van der Waals surface area (Å²) in [4.78, 5) is 3.55. The predicted molar refractivity (Wildman–Crippen MR) is 67.4 cm³/mol. The summed E-state index contributed by atoms with van der Waals surface area (Å²) in [7, 11) is 0. The fourth-order valence-electron chi connectivity index (χ4n) is 2.25. The van der Waals surface area contributed by atoms with Gasteiger partial charge in [-0.25, -0.2) is 4.98 Å². The molecule has 1 aliphatic carbocycles. The van der Waals surface area contributed by atoms with Crippen LogP contribution in [0.3, 0.4) is 0 Å². The first-order valence-corrected chi connectivity index (χ1v) is 6.87. The summed E-state index contributed by atoms with van der Waals surface area (Å²) in [6.07, 6.45) is 8.81. The largest absolute Gasteiger partial charge is 0.383 e. The Labute approximate surface area is 100 Å². The third-order valence-electron chi connectivity index (χ3n) is 3.29. The normalized spacial score (nSPS) is 18.6. The van der Waals surface area contributed by atoms with Crippen molar-refractivity contribution in [3.8, 4) is 0 Å². The molecule has 0 unspecified atom stereocenters. The average Bonchev–Trinajstić information content (AvgIpc) is 2.76. The van der Waals surface area contributed by atoms with Crippen LogP contribution in [-0.2, 0) is 0 Å². The number of anilines is 1. The highest BCUT2D eigenvalue weighted by atomic mass is 32.2. The molecule has 0 amide bonds. The second-order valence-electron chi connectivity index (χ2n) is 4.32. The maximum Gasteiger partial charge on any atom is 0.214 e. The van der Waals surface area contributed by atoms with Crippen molar-refractivity contribution < 1.29 is 4.39 Å². The van der Waals surface area contributed by atoms with E-state index >= 15 is 0 Å². The molecule has 0 radical (unpaired) electrons. The van der Waals surface area contributed by atoms with Crippen LogP contribution in [0.5, 0.6) is 0 Å². The molecular formula is C12H17FN2S. The number of aromatic nitrogens is 1. The van der Waals surface area contributed by atoms with Crippen LogP contribution >= 0.6 is 11.8 Å². The monoisotopic (exact) mass is 240 g/mol. The summed E-state index contributed by atoms with van der Waals surface area (Å²) in [5.74, 6) is -0.422. The summed E-state index contributed by atoms with van der Waals surface area (Å²) in [6, 6.07) is 3.26. The first-order valence-electron chi connectivity index (χ1n) is 5.65. The van der Waals surface area contributed by atoms with Gasteiger partial charge in [0.1, 0.15) is 0 Å². The molecule has 1 N–H and O–H groups in total. The van der Waals surface area contributed by atoms with Crippen LogP contribution in [0.15, 0.2) is 18.3 Å². The molecule has 0 bridgehead atoms. The van der Waals surface area contributed by atoms with Crippen molar-refractivity contribution in [1.29, 1.82) is 0 Å². The highest BCUT2D eigenvalue weighted by Crippen LogP contribution is 2.40. The quantitative estimate of drug-likeness (QED) is 0.817. The van der Waals surface area contributed by atoms with Gasteiger partial charge in [0.2, 0.25) is 5.95 Å². The van der Waals surface area contributed by atoms with Gasteiger partial charge in [-0.1, -0.05) is 12.8 Å². The number of nitrogens with zero attached hydrogens (tertiary/aromatic N) is 1. The van der Waals surface area contributed by atoms with Crippen molar-refractivity contribution in [1.82, 2.24) is 4.98 Å². The molecule has 0 atom stereocenters. The lowest BCUT2D eigenvalue weighted by Gasteiger charge is -2.27. The molecule has 1 aromatic rings. The Balaban J connectivity index is 1.95. The van der Waals surface area contributed by atoms with Gasteiger partial charge in [0.05, 0.1) is 0 Å². The van der Waals surface area contributed by atoms with Gasteiger partial charge in [0.15, 0.2) is 0 Å². The van der Waals surface area contributed by atoms with Gasteiger partial charge in [-0.3, -0.25) is 0 Å². The van der Waals surface area contributed by atoms with E-state index in [1.54, 1.807) is 0 Å². The molecular weight excluding hydrogens is 223 g/mol. The standard InChI is InChI=1S/C12H17FN2S/c1-16-12(5-2-3-6-12)9-15-10-4-7-14-11(13)8-10/h4,7-8H,2-3,5-6,9H2,1H3,(H,14,15). The van der Waals surface area contributed by atoms with Crippen molar-refractivity contribution in [2.24, 2.45) is 0 Å². The lowest BCUT2D eigenvalue weighted by molar-refractivity contribution is 0.583. The SMILES string of the molecule is CSC1(CNc2ccnc(F)c2)CCCC1. The Hall–Kier alpha value is -0.770. The maximum absolute atomic E-state index is 12.9. The van der Waals surface area contributed by atoms with Gasteiger partial charge < -0.3 is 5.32 Å². The Morgan fingerprint density at radius 1 is 1.50 bits per heavy atom. The van der Waals surface area contributed by atoms with E-state index in [-0.39, 0.29) is 0 Å². The van der Waals surface area contributed by atoms with Crippen molar-refractivity contribution in [2.45, 2.75) is 30.4 Å². The molecule has 1 aromatic heterocycles. The van der Waals surface area contributed by atoms with Gasteiger partial charge >= 0.3 is 0 Å². The summed E-state index contributed by atoms with van der Waals surface area (Å²) in [6.45, 7) is 0.914. The number of halogens is 1. The molecule has 88 valence electrons. The lowest BCUT2D eigenvalue weighted by Crippen LogP contribution is -2.30. The average molecular weight is 240 g/mol. The molecule has 0 aliphatic heterocycles. The Morgan fingerprint density at radius 2 is 2.25 bits per heavy atom. The molecule has 4 heteroatoms. The van der Waals surface area contributed by atoms with E-state index in [0.29, 0.717) is 4.75 Å². The third kappa shape index (κ3) is 2.67. The molecule has 16 heavy (non-hydrogen) atoms. The zero-order valence-corrected chi connectivity index (χ0v) is 10.3. The Bertz CT molecular complexity index is 351. The molecule has 1 aliphatic rings. The van der Waals surface area contributed by atoms with Gasteiger partial charge in [0, 0.05) is 29.2 Å². The van der Waals surface area contributed by atoms with Gasteiger partial charge in [-0.05, 0) is 25.2 Å².